The summed E-state index contributed by atoms with van der Waals surface area (Å²) in [6, 6.07) is 22.2. The molecule has 0 aromatic heterocycles. The number of carbonyl (C=O) groups is 2. The Bertz CT molecular complexity index is 1170. The maximum atomic E-state index is 13.7. The van der Waals surface area contributed by atoms with Crippen molar-refractivity contribution in [1.82, 2.24) is 0 Å². The molecule has 0 spiro atoms. The summed E-state index contributed by atoms with van der Waals surface area (Å²) in [5.41, 5.74) is 2.90. The van der Waals surface area contributed by atoms with Crippen LogP contribution in [0.4, 0.5) is 21.5 Å². The van der Waals surface area contributed by atoms with E-state index in [1.165, 1.54) is 12.1 Å². The molecule has 2 amide bonds. The molecule has 0 bridgehead atoms. The number of nitrogens with zero attached hydrogens (tertiary/aromatic N) is 2. The molecule has 3 aromatic rings. The van der Waals surface area contributed by atoms with E-state index in [0.717, 1.165) is 23.7 Å². The molecule has 0 fully saturated rings. The number of rotatable bonds is 7. The maximum absolute atomic E-state index is 13.7. The first-order valence-corrected chi connectivity index (χ1v) is 10.6. The van der Waals surface area contributed by atoms with Gasteiger partial charge in [-0.3, -0.25) is 9.59 Å². The van der Waals surface area contributed by atoms with Gasteiger partial charge in [0.2, 0.25) is 0 Å². The summed E-state index contributed by atoms with van der Waals surface area (Å²) in [4.78, 5) is 30.2. The Balaban J connectivity index is 1.74. The third-order valence-corrected chi connectivity index (χ3v) is 5.48. The number of hydrogen-bond acceptors (Lipinski definition) is 4. The highest BCUT2D eigenvalue weighted by molar-refractivity contribution is 6.46. The molecule has 1 N–H and O–H groups in total. The molecule has 0 saturated heterocycles. The molecular formula is C26H24FN3O2. The van der Waals surface area contributed by atoms with Crippen molar-refractivity contribution in [2.45, 2.75) is 13.8 Å². The van der Waals surface area contributed by atoms with Gasteiger partial charge >= 0.3 is 0 Å². The van der Waals surface area contributed by atoms with Gasteiger partial charge in [-0.25, -0.2) is 9.29 Å². The minimum Gasteiger partial charge on any atom is -0.372 e. The molecule has 6 heteroatoms. The van der Waals surface area contributed by atoms with Crippen molar-refractivity contribution in [2.24, 2.45) is 0 Å². The van der Waals surface area contributed by atoms with Crippen LogP contribution in [0, 0.1) is 5.82 Å². The molecule has 1 aliphatic heterocycles. The Morgan fingerprint density at radius 3 is 2.16 bits per heavy atom. The van der Waals surface area contributed by atoms with Gasteiger partial charge in [0.1, 0.15) is 11.5 Å². The van der Waals surface area contributed by atoms with E-state index in [2.05, 4.69) is 24.1 Å². The van der Waals surface area contributed by atoms with Crippen LogP contribution in [0.1, 0.15) is 19.4 Å². The SMILES string of the molecule is CCN(CC)c1ccc(N2C(=O)C(Nc3cccc(F)c3)=C(c3ccccc3)C2=O)cc1. The fourth-order valence-electron chi connectivity index (χ4n) is 3.86. The summed E-state index contributed by atoms with van der Waals surface area (Å²) >= 11 is 0. The fraction of sp³-hybridized carbons (Fsp3) is 0.154. The fourth-order valence-corrected chi connectivity index (χ4v) is 3.86. The molecule has 32 heavy (non-hydrogen) atoms. The maximum Gasteiger partial charge on any atom is 0.282 e. The molecule has 5 nitrogen and oxygen atoms in total. The molecule has 1 aliphatic rings. The lowest BCUT2D eigenvalue weighted by molar-refractivity contribution is -0.120. The summed E-state index contributed by atoms with van der Waals surface area (Å²) < 4.78 is 13.7. The van der Waals surface area contributed by atoms with Crippen LogP contribution in [-0.4, -0.2) is 24.9 Å². The van der Waals surface area contributed by atoms with Gasteiger partial charge in [0.05, 0.1) is 11.3 Å². The van der Waals surface area contributed by atoms with Crippen LogP contribution >= 0.6 is 0 Å². The molecule has 0 unspecified atom stereocenters. The number of hydrogen-bond donors (Lipinski definition) is 1. The second-order valence-electron chi connectivity index (χ2n) is 7.39. The Kier molecular flexibility index (Phi) is 6.03. The number of carbonyl (C=O) groups excluding carboxylic acids is 2. The first-order chi connectivity index (χ1) is 15.5. The molecule has 0 saturated carbocycles. The van der Waals surface area contributed by atoms with Gasteiger partial charge in [-0.2, -0.15) is 0 Å². The van der Waals surface area contributed by atoms with Gasteiger partial charge in [0.15, 0.2) is 0 Å². The van der Waals surface area contributed by atoms with Gasteiger partial charge in [-0.15, -0.1) is 0 Å². The number of benzene rings is 3. The number of imide groups is 1. The van der Waals surface area contributed by atoms with Crippen molar-refractivity contribution in [2.75, 3.05) is 28.2 Å². The summed E-state index contributed by atoms with van der Waals surface area (Å²) in [6.07, 6.45) is 0. The highest BCUT2D eigenvalue weighted by atomic mass is 19.1. The Morgan fingerprint density at radius 1 is 0.844 bits per heavy atom. The Morgan fingerprint density at radius 2 is 1.53 bits per heavy atom. The topological polar surface area (TPSA) is 52.6 Å². The first kappa shape index (κ1) is 21.3. The zero-order valence-electron chi connectivity index (χ0n) is 18.0. The average molecular weight is 429 g/mol. The quantitative estimate of drug-likeness (QED) is 0.533. The molecule has 1 heterocycles. The van der Waals surface area contributed by atoms with E-state index in [1.807, 2.05) is 18.2 Å². The van der Waals surface area contributed by atoms with Gasteiger partial charge in [0.25, 0.3) is 11.8 Å². The average Bonchev–Trinajstić information content (AvgIpc) is 3.05. The molecule has 0 atom stereocenters. The predicted molar refractivity (Wildman–Crippen MR) is 126 cm³/mol. The number of anilines is 3. The summed E-state index contributed by atoms with van der Waals surface area (Å²) in [6.45, 7) is 5.87. The van der Waals surface area contributed by atoms with Crippen LogP contribution in [0.2, 0.25) is 0 Å². The van der Waals surface area contributed by atoms with Crippen LogP contribution < -0.4 is 15.1 Å². The van der Waals surface area contributed by atoms with Crippen LogP contribution in [0.5, 0.6) is 0 Å². The van der Waals surface area contributed by atoms with Crippen molar-refractivity contribution >= 4 is 34.4 Å². The molecule has 4 rings (SSSR count). The molecule has 162 valence electrons. The highest BCUT2D eigenvalue weighted by Gasteiger charge is 2.40. The van der Waals surface area contributed by atoms with E-state index in [4.69, 9.17) is 0 Å². The normalized spacial score (nSPS) is 13.7. The van der Waals surface area contributed by atoms with E-state index in [1.54, 1.807) is 48.5 Å². The molecule has 0 aliphatic carbocycles. The van der Waals surface area contributed by atoms with E-state index < -0.39 is 17.6 Å². The number of amides is 2. The molecule has 3 aromatic carbocycles. The zero-order valence-corrected chi connectivity index (χ0v) is 18.0. The van der Waals surface area contributed by atoms with Crippen molar-refractivity contribution in [1.29, 1.82) is 0 Å². The second-order valence-corrected chi connectivity index (χ2v) is 7.39. The third kappa shape index (κ3) is 3.99. The third-order valence-electron chi connectivity index (χ3n) is 5.48. The standard InChI is InChI=1S/C26H24FN3O2/c1-3-29(4-2)21-13-15-22(16-14-21)30-25(31)23(18-9-6-5-7-10-18)24(26(30)32)28-20-12-8-11-19(27)17-20/h5-17,28H,3-4H2,1-2H3. The van der Waals surface area contributed by atoms with E-state index in [-0.39, 0.29) is 11.3 Å². The lowest BCUT2D eigenvalue weighted by Crippen LogP contribution is -2.32. The monoisotopic (exact) mass is 429 g/mol. The van der Waals surface area contributed by atoms with Gasteiger partial charge in [0, 0.05) is 24.5 Å². The van der Waals surface area contributed by atoms with Gasteiger partial charge < -0.3 is 10.2 Å². The number of nitrogens with one attached hydrogen (secondary N) is 1. The van der Waals surface area contributed by atoms with Gasteiger partial charge in [-0.1, -0.05) is 36.4 Å². The molecular weight excluding hydrogens is 405 g/mol. The molecule has 0 radical (unpaired) electrons. The Hall–Kier alpha value is -3.93. The summed E-state index contributed by atoms with van der Waals surface area (Å²) in [5.74, 6) is -1.33. The van der Waals surface area contributed by atoms with Crippen molar-refractivity contribution in [3.05, 3.63) is 95.9 Å². The van der Waals surface area contributed by atoms with E-state index in [9.17, 15) is 14.0 Å². The van der Waals surface area contributed by atoms with Crippen molar-refractivity contribution < 1.29 is 14.0 Å². The van der Waals surface area contributed by atoms with Crippen LogP contribution in [0.15, 0.2) is 84.6 Å². The van der Waals surface area contributed by atoms with Gasteiger partial charge in [-0.05, 0) is 61.9 Å². The zero-order chi connectivity index (χ0) is 22.7. The van der Waals surface area contributed by atoms with Crippen LogP contribution in [0.3, 0.4) is 0 Å². The van der Waals surface area contributed by atoms with Crippen LogP contribution in [0.25, 0.3) is 5.57 Å². The summed E-state index contributed by atoms with van der Waals surface area (Å²) in [5, 5.41) is 2.98. The van der Waals surface area contributed by atoms with Crippen LogP contribution in [-0.2, 0) is 9.59 Å². The minimum atomic E-state index is -0.478. The second kappa shape index (κ2) is 9.06. The summed E-state index contributed by atoms with van der Waals surface area (Å²) in [7, 11) is 0. The van der Waals surface area contributed by atoms with E-state index >= 15 is 0 Å². The number of halogens is 1. The Labute approximate surface area is 186 Å². The predicted octanol–water partition coefficient (Wildman–Crippen LogP) is 5.07. The smallest absolute Gasteiger partial charge is 0.282 e. The highest BCUT2D eigenvalue weighted by Crippen LogP contribution is 2.34. The minimum absolute atomic E-state index is 0.125. The lowest BCUT2D eigenvalue weighted by Gasteiger charge is -2.22. The van der Waals surface area contributed by atoms with Crippen molar-refractivity contribution in [3.63, 3.8) is 0 Å². The largest absolute Gasteiger partial charge is 0.372 e. The first-order valence-electron chi connectivity index (χ1n) is 10.6. The lowest BCUT2D eigenvalue weighted by atomic mass is 10.0. The van der Waals surface area contributed by atoms with Crippen molar-refractivity contribution in [3.8, 4) is 0 Å². The van der Waals surface area contributed by atoms with E-state index in [0.29, 0.717) is 16.9 Å².